The standard InChI is InChI=1S/C23H32O3/c24-18-8-3-1-2-7-11-22-20(14-17-23(22)26)13-16-21(25)15-12-19-9-5-4-6-10-19/h4-6,9-10,13,16,20,22,24H,1-3,7-8,11-12,14-15,17-18H2. The van der Waals surface area contributed by atoms with Crippen molar-refractivity contribution in [3.63, 3.8) is 0 Å². The highest BCUT2D eigenvalue weighted by molar-refractivity contribution is 5.90. The second-order valence-corrected chi connectivity index (χ2v) is 7.37. The first kappa shape index (κ1) is 20.6. The Balaban J connectivity index is 1.72. The monoisotopic (exact) mass is 356 g/mol. The summed E-state index contributed by atoms with van der Waals surface area (Å²) in [6.45, 7) is 0.270. The molecule has 0 aliphatic heterocycles. The molecule has 26 heavy (non-hydrogen) atoms. The van der Waals surface area contributed by atoms with Gasteiger partial charge in [-0.15, -0.1) is 0 Å². The number of carbonyl (C=O) groups excluding carboxylic acids is 2. The number of Topliss-reactive ketones (excluding diaryl/α,β-unsaturated/α-hetero) is 1. The molecular weight excluding hydrogens is 324 g/mol. The van der Waals surface area contributed by atoms with Crippen LogP contribution in [0.1, 0.15) is 63.4 Å². The molecule has 142 valence electrons. The van der Waals surface area contributed by atoms with Gasteiger partial charge in [0.2, 0.25) is 0 Å². The molecule has 0 aromatic heterocycles. The molecule has 0 heterocycles. The Hall–Kier alpha value is -1.74. The van der Waals surface area contributed by atoms with Crippen molar-refractivity contribution in [3.8, 4) is 0 Å². The van der Waals surface area contributed by atoms with Gasteiger partial charge in [-0.25, -0.2) is 0 Å². The van der Waals surface area contributed by atoms with E-state index in [0.29, 0.717) is 18.6 Å². The quantitative estimate of drug-likeness (QED) is 0.437. The van der Waals surface area contributed by atoms with Crippen molar-refractivity contribution in [1.82, 2.24) is 0 Å². The zero-order valence-electron chi connectivity index (χ0n) is 15.7. The number of benzene rings is 1. The summed E-state index contributed by atoms with van der Waals surface area (Å²) in [5.74, 6) is 0.856. The van der Waals surface area contributed by atoms with E-state index in [4.69, 9.17) is 5.11 Å². The summed E-state index contributed by atoms with van der Waals surface area (Å²) in [7, 11) is 0. The Kier molecular flexibility index (Phi) is 9.33. The molecular formula is C23H32O3. The van der Waals surface area contributed by atoms with Gasteiger partial charge in [0.1, 0.15) is 5.78 Å². The summed E-state index contributed by atoms with van der Waals surface area (Å²) in [6, 6.07) is 10.1. The third kappa shape index (κ3) is 7.25. The highest BCUT2D eigenvalue weighted by Gasteiger charge is 2.32. The van der Waals surface area contributed by atoms with Crippen LogP contribution < -0.4 is 0 Å². The van der Waals surface area contributed by atoms with Gasteiger partial charge >= 0.3 is 0 Å². The molecule has 2 unspecified atom stereocenters. The lowest BCUT2D eigenvalue weighted by Crippen LogP contribution is -2.13. The van der Waals surface area contributed by atoms with E-state index in [0.717, 1.165) is 51.4 Å². The second kappa shape index (κ2) is 11.8. The number of aliphatic hydroxyl groups excluding tert-OH is 1. The average molecular weight is 357 g/mol. The Morgan fingerprint density at radius 3 is 2.58 bits per heavy atom. The zero-order valence-corrected chi connectivity index (χ0v) is 15.7. The number of allylic oxidation sites excluding steroid dienone is 2. The van der Waals surface area contributed by atoms with Gasteiger partial charge in [0.05, 0.1) is 0 Å². The van der Waals surface area contributed by atoms with Crippen LogP contribution >= 0.6 is 0 Å². The number of rotatable bonds is 12. The summed E-state index contributed by atoms with van der Waals surface area (Å²) >= 11 is 0. The van der Waals surface area contributed by atoms with E-state index in [-0.39, 0.29) is 24.2 Å². The van der Waals surface area contributed by atoms with Gasteiger partial charge in [-0.2, -0.15) is 0 Å². The van der Waals surface area contributed by atoms with E-state index in [9.17, 15) is 9.59 Å². The molecule has 1 saturated carbocycles. The number of ketones is 2. The maximum atomic E-state index is 12.2. The van der Waals surface area contributed by atoms with Crippen molar-refractivity contribution >= 4 is 11.6 Å². The maximum absolute atomic E-state index is 12.2. The number of unbranched alkanes of at least 4 members (excludes halogenated alkanes) is 4. The number of aryl methyl sites for hydroxylation is 1. The summed E-state index contributed by atoms with van der Waals surface area (Å²) in [6.07, 6.45) is 12.7. The van der Waals surface area contributed by atoms with Crippen LogP contribution in [0.15, 0.2) is 42.5 Å². The number of aliphatic hydroxyl groups is 1. The molecule has 0 spiro atoms. The largest absolute Gasteiger partial charge is 0.396 e. The first-order valence-corrected chi connectivity index (χ1v) is 10.1. The van der Waals surface area contributed by atoms with E-state index < -0.39 is 0 Å². The van der Waals surface area contributed by atoms with Gasteiger partial charge < -0.3 is 5.11 Å². The fraction of sp³-hybridized carbons (Fsp3) is 0.565. The lowest BCUT2D eigenvalue weighted by Gasteiger charge is -2.14. The molecule has 1 aliphatic rings. The molecule has 0 bridgehead atoms. The van der Waals surface area contributed by atoms with Crippen LogP contribution in [-0.2, 0) is 16.0 Å². The second-order valence-electron chi connectivity index (χ2n) is 7.37. The van der Waals surface area contributed by atoms with Crippen molar-refractivity contribution in [2.24, 2.45) is 11.8 Å². The zero-order chi connectivity index (χ0) is 18.6. The van der Waals surface area contributed by atoms with Crippen molar-refractivity contribution in [3.05, 3.63) is 48.0 Å². The average Bonchev–Trinajstić information content (AvgIpc) is 3.02. The van der Waals surface area contributed by atoms with Crippen LogP contribution in [0.5, 0.6) is 0 Å². The molecule has 1 fully saturated rings. The summed E-state index contributed by atoms with van der Waals surface area (Å²) < 4.78 is 0. The molecule has 0 saturated heterocycles. The molecule has 3 nitrogen and oxygen atoms in total. The highest BCUT2D eigenvalue weighted by atomic mass is 16.2. The topological polar surface area (TPSA) is 54.4 Å². The van der Waals surface area contributed by atoms with Crippen LogP contribution in [0.4, 0.5) is 0 Å². The lowest BCUT2D eigenvalue weighted by molar-refractivity contribution is -0.121. The number of hydrogen-bond donors (Lipinski definition) is 1. The first-order valence-electron chi connectivity index (χ1n) is 10.1. The highest BCUT2D eigenvalue weighted by Crippen LogP contribution is 2.33. The van der Waals surface area contributed by atoms with E-state index in [2.05, 4.69) is 0 Å². The summed E-state index contributed by atoms with van der Waals surface area (Å²) in [4.78, 5) is 24.3. The van der Waals surface area contributed by atoms with Gasteiger partial charge in [-0.1, -0.05) is 62.1 Å². The van der Waals surface area contributed by atoms with Gasteiger partial charge in [0, 0.05) is 25.4 Å². The Bertz CT molecular complexity index is 576. The minimum atomic E-state index is 0.103. The van der Waals surface area contributed by atoms with E-state index in [1.807, 2.05) is 36.4 Å². The van der Waals surface area contributed by atoms with E-state index in [1.165, 1.54) is 5.56 Å². The van der Waals surface area contributed by atoms with Crippen molar-refractivity contribution < 1.29 is 14.7 Å². The minimum Gasteiger partial charge on any atom is -0.396 e. The molecule has 1 aliphatic carbocycles. The lowest BCUT2D eigenvalue weighted by atomic mass is 9.89. The molecule has 1 aromatic rings. The van der Waals surface area contributed by atoms with Crippen molar-refractivity contribution in [2.45, 2.75) is 64.2 Å². The van der Waals surface area contributed by atoms with E-state index in [1.54, 1.807) is 6.08 Å². The number of hydrogen-bond acceptors (Lipinski definition) is 3. The Morgan fingerprint density at radius 2 is 1.81 bits per heavy atom. The van der Waals surface area contributed by atoms with Gasteiger partial charge in [0.25, 0.3) is 0 Å². The molecule has 3 heteroatoms. The van der Waals surface area contributed by atoms with Crippen LogP contribution in [0.2, 0.25) is 0 Å². The van der Waals surface area contributed by atoms with E-state index >= 15 is 0 Å². The molecule has 0 radical (unpaired) electrons. The summed E-state index contributed by atoms with van der Waals surface area (Å²) in [5, 5.41) is 8.79. The molecule has 1 aromatic carbocycles. The van der Waals surface area contributed by atoms with Crippen molar-refractivity contribution in [1.29, 1.82) is 0 Å². The van der Waals surface area contributed by atoms with Crippen LogP contribution in [0.25, 0.3) is 0 Å². The molecule has 2 rings (SSSR count). The molecule has 2 atom stereocenters. The molecule has 0 amide bonds. The third-order valence-electron chi connectivity index (χ3n) is 5.36. The van der Waals surface area contributed by atoms with Gasteiger partial charge in [-0.05, 0) is 43.2 Å². The first-order chi connectivity index (χ1) is 12.7. The Morgan fingerprint density at radius 1 is 1.08 bits per heavy atom. The van der Waals surface area contributed by atoms with Crippen LogP contribution in [0, 0.1) is 11.8 Å². The summed E-state index contributed by atoms with van der Waals surface area (Å²) in [5.41, 5.74) is 1.18. The third-order valence-corrected chi connectivity index (χ3v) is 5.36. The van der Waals surface area contributed by atoms with Gasteiger partial charge in [-0.3, -0.25) is 9.59 Å². The Labute approximate surface area is 157 Å². The van der Waals surface area contributed by atoms with Crippen molar-refractivity contribution in [2.75, 3.05) is 6.61 Å². The van der Waals surface area contributed by atoms with Gasteiger partial charge in [0.15, 0.2) is 5.78 Å². The molecule has 1 N–H and O–H groups in total. The maximum Gasteiger partial charge on any atom is 0.155 e. The predicted molar refractivity (Wildman–Crippen MR) is 105 cm³/mol. The fourth-order valence-corrected chi connectivity index (χ4v) is 3.77. The minimum absolute atomic E-state index is 0.103. The fourth-order valence-electron chi connectivity index (χ4n) is 3.77. The number of carbonyl (C=O) groups is 2. The normalized spacial score (nSPS) is 20.1. The smallest absolute Gasteiger partial charge is 0.155 e. The van der Waals surface area contributed by atoms with Crippen LogP contribution in [-0.4, -0.2) is 23.3 Å². The SMILES string of the molecule is O=C(C=CC1CCC(=O)C1CCCCCCCO)CCc1ccccc1. The predicted octanol–water partition coefficient (Wildman–Crippen LogP) is 4.67. The van der Waals surface area contributed by atoms with Crippen LogP contribution in [0.3, 0.4) is 0 Å².